The Morgan fingerprint density at radius 3 is 3.00 bits per heavy atom. The van der Waals surface area contributed by atoms with Gasteiger partial charge in [-0.2, -0.15) is 0 Å². The molecule has 0 saturated carbocycles. The summed E-state index contributed by atoms with van der Waals surface area (Å²) >= 11 is 0. The first-order chi connectivity index (χ1) is 8.83. The monoisotopic (exact) mass is 251 g/mol. The number of aromatic nitrogens is 1. The summed E-state index contributed by atoms with van der Waals surface area (Å²) in [4.78, 5) is 6.42. The van der Waals surface area contributed by atoms with Crippen LogP contribution in [0.5, 0.6) is 0 Å². The molecule has 1 rings (SSSR count). The summed E-state index contributed by atoms with van der Waals surface area (Å²) in [6.07, 6.45) is 4.82. The Morgan fingerprint density at radius 2 is 2.28 bits per heavy atom. The van der Waals surface area contributed by atoms with Crippen molar-refractivity contribution in [1.29, 1.82) is 0 Å². The molecule has 0 spiro atoms. The van der Waals surface area contributed by atoms with Crippen LogP contribution in [0.4, 0.5) is 0 Å². The molecule has 4 nitrogen and oxygen atoms in total. The Morgan fingerprint density at radius 1 is 1.39 bits per heavy atom. The van der Waals surface area contributed by atoms with Crippen LogP contribution in [0.3, 0.4) is 0 Å². The van der Waals surface area contributed by atoms with Crippen LogP contribution in [0.15, 0.2) is 24.5 Å². The number of rotatable bonds is 10. The summed E-state index contributed by atoms with van der Waals surface area (Å²) in [6.45, 7) is 7.74. The molecule has 0 amide bonds. The van der Waals surface area contributed by atoms with Crippen molar-refractivity contribution in [2.24, 2.45) is 0 Å². The van der Waals surface area contributed by atoms with E-state index in [0.717, 1.165) is 45.8 Å². The molecule has 0 radical (unpaired) electrons. The molecule has 1 heterocycles. The van der Waals surface area contributed by atoms with E-state index in [4.69, 9.17) is 4.74 Å². The fourth-order valence-electron chi connectivity index (χ4n) is 1.72. The quantitative estimate of drug-likeness (QED) is 0.640. The van der Waals surface area contributed by atoms with Gasteiger partial charge in [0.25, 0.3) is 0 Å². The van der Waals surface area contributed by atoms with Gasteiger partial charge >= 0.3 is 0 Å². The largest absolute Gasteiger partial charge is 0.382 e. The molecule has 0 saturated heterocycles. The Bertz CT molecular complexity index is 292. The van der Waals surface area contributed by atoms with E-state index in [0.29, 0.717) is 0 Å². The number of hydrogen-bond acceptors (Lipinski definition) is 4. The third-order valence-corrected chi connectivity index (χ3v) is 2.69. The topological polar surface area (TPSA) is 37.4 Å². The number of nitrogens with zero attached hydrogens (tertiary/aromatic N) is 2. The molecule has 0 unspecified atom stereocenters. The van der Waals surface area contributed by atoms with E-state index in [-0.39, 0.29) is 0 Å². The second-order valence-electron chi connectivity index (χ2n) is 4.40. The summed E-state index contributed by atoms with van der Waals surface area (Å²) < 4.78 is 5.28. The van der Waals surface area contributed by atoms with E-state index in [9.17, 15) is 0 Å². The van der Waals surface area contributed by atoms with Crippen LogP contribution in [0.25, 0.3) is 0 Å². The predicted octanol–water partition coefficient (Wildman–Crippen LogP) is 1.53. The summed E-state index contributed by atoms with van der Waals surface area (Å²) in [5.41, 5.74) is 1.26. The van der Waals surface area contributed by atoms with Crippen molar-refractivity contribution in [3.63, 3.8) is 0 Å². The van der Waals surface area contributed by atoms with Crippen molar-refractivity contribution < 1.29 is 4.74 Å². The van der Waals surface area contributed by atoms with E-state index < -0.39 is 0 Å². The maximum Gasteiger partial charge on any atom is 0.0477 e. The molecule has 0 aliphatic rings. The smallest absolute Gasteiger partial charge is 0.0477 e. The van der Waals surface area contributed by atoms with Crippen molar-refractivity contribution >= 4 is 0 Å². The summed E-state index contributed by atoms with van der Waals surface area (Å²) in [5, 5.41) is 3.42. The summed E-state index contributed by atoms with van der Waals surface area (Å²) in [7, 11) is 2.13. The highest BCUT2D eigenvalue weighted by Gasteiger charge is 1.99. The van der Waals surface area contributed by atoms with Gasteiger partial charge in [0.1, 0.15) is 0 Å². The average molecular weight is 251 g/mol. The van der Waals surface area contributed by atoms with Crippen LogP contribution in [-0.2, 0) is 11.3 Å². The normalized spacial score (nSPS) is 11.1. The Kier molecular flexibility index (Phi) is 8.38. The molecule has 1 N–H and O–H groups in total. The van der Waals surface area contributed by atoms with Gasteiger partial charge in [-0.3, -0.25) is 4.98 Å². The second-order valence-corrected chi connectivity index (χ2v) is 4.40. The van der Waals surface area contributed by atoms with Crippen molar-refractivity contribution in [1.82, 2.24) is 15.2 Å². The van der Waals surface area contributed by atoms with Gasteiger partial charge in [-0.25, -0.2) is 0 Å². The van der Waals surface area contributed by atoms with Gasteiger partial charge in [0.2, 0.25) is 0 Å². The number of likely N-dealkylation sites (N-methyl/N-ethyl adjacent to an activating group) is 1. The zero-order valence-electron chi connectivity index (χ0n) is 11.6. The number of nitrogens with one attached hydrogen (secondary N) is 1. The summed E-state index contributed by atoms with van der Waals surface area (Å²) in [5.74, 6) is 0. The number of ether oxygens (including phenoxy) is 1. The maximum absolute atomic E-state index is 5.28. The fraction of sp³-hybridized carbons (Fsp3) is 0.643. The van der Waals surface area contributed by atoms with Gasteiger partial charge < -0.3 is 15.0 Å². The molecule has 1 aromatic rings. The highest BCUT2D eigenvalue weighted by atomic mass is 16.5. The first kappa shape index (κ1) is 15.1. The molecular weight excluding hydrogens is 226 g/mol. The molecule has 1 aromatic heterocycles. The second kappa shape index (κ2) is 10.00. The summed E-state index contributed by atoms with van der Waals surface area (Å²) in [6, 6.07) is 4.09. The van der Waals surface area contributed by atoms with Crippen molar-refractivity contribution in [3.8, 4) is 0 Å². The molecule has 18 heavy (non-hydrogen) atoms. The molecule has 0 aliphatic heterocycles. The van der Waals surface area contributed by atoms with Crippen molar-refractivity contribution in [2.75, 3.05) is 39.9 Å². The molecule has 0 fully saturated rings. The zero-order chi connectivity index (χ0) is 13.1. The van der Waals surface area contributed by atoms with Gasteiger partial charge in [0.15, 0.2) is 0 Å². The van der Waals surface area contributed by atoms with Crippen LogP contribution >= 0.6 is 0 Å². The Labute approximate surface area is 110 Å². The lowest BCUT2D eigenvalue weighted by Gasteiger charge is -2.16. The van der Waals surface area contributed by atoms with Gasteiger partial charge in [-0.15, -0.1) is 0 Å². The Hall–Kier alpha value is -0.970. The van der Waals surface area contributed by atoms with Crippen molar-refractivity contribution in [2.45, 2.75) is 19.9 Å². The minimum absolute atomic E-state index is 0.813. The van der Waals surface area contributed by atoms with Gasteiger partial charge in [-0.1, -0.05) is 6.07 Å². The van der Waals surface area contributed by atoms with E-state index >= 15 is 0 Å². The standard InChI is InChI=1S/C14H25N3O/c1-3-18-11-5-8-15-9-10-17(2)13-14-6-4-7-16-12-14/h4,6-7,12,15H,3,5,8-11,13H2,1-2H3. The first-order valence-electron chi connectivity index (χ1n) is 6.69. The lowest BCUT2D eigenvalue weighted by Crippen LogP contribution is -2.29. The highest BCUT2D eigenvalue weighted by Crippen LogP contribution is 1.99. The third kappa shape index (κ3) is 7.37. The minimum atomic E-state index is 0.813. The average Bonchev–Trinajstić information content (AvgIpc) is 2.39. The van der Waals surface area contributed by atoms with E-state index in [1.54, 1.807) is 0 Å². The van der Waals surface area contributed by atoms with E-state index in [1.165, 1.54) is 5.56 Å². The third-order valence-electron chi connectivity index (χ3n) is 2.69. The predicted molar refractivity (Wildman–Crippen MR) is 74.6 cm³/mol. The number of hydrogen-bond donors (Lipinski definition) is 1. The first-order valence-corrected chi connectivity index (χ1v) is 6.69. The molecule has 4 heteroatoms. The molecule has 0 atom stereocenters. The van der Waals surface area contributed by atoms with Gasteiger partial charge in [0, 0.05) is 45.2 Å². The highest BCUT2D eigenvalue weighted by molar-refractivity contribution is 5.07. The zero-order valence-corrected chi connectivity index (χ0v) is 11.6. The van der Waals surface area contributed by atoms with E-state index in [1.807, 2.05) is 25.4 Å². The molecule has 0 aliphatic carbocycles. The van der Waals surface area contributed by atoms with E-state index in [2.05, 4.69) is 28.3 Å². The lowest BCUT2D eigenvalue weighted by molar-refractivity contribution is 0.144. The maximum atomic E-state index is 5.28. The van der Waals surface area contributed by atoms with Crippen molar-refractivity contribution in [3.05, 3.63) is 30.1 Å². The van der Waals surface area contributed by atoms with Gasteiger partial charge in [0.05, 0.1) is 0 Å². The fourth-order valence-corrected chi connectivity index (χ4v) is 1.72. The minimum Gasteiger partial charge on any atom is -0.382 e. The van der Waals surface area contributed by atoms with Gasteiger partial charge in [-0.05, 0) is 38.6 Å². The Balaban J connectivity index is 1.99. The number of pyridine rings is 1. The molecule has 102 valence electrons. The van der Waals surface area contributed by atoms with Crippen LogP contribution in [0.1, 0.15) is 18.9 Å². The molecular formula is C14H25N3O. The van der Waals surface area contributed by atoms with Crippen LogP contribution in [-0.4, -0.2) is 49.8 Å². The van der Waals surface area contributed by atoms with Crippen LogP contribution in [0, 0.1) is 0 Å². The lowest BCUT2D eigenvalue weighted by atomic mass is 10.3. The molecule has 0 bridgehead atoms. The molecule has 0 aromatic carbocycles. The van der Waals surface area contributed by atoms with Crippen LogP contribution < -0.4 is 5.32 Å². The SMILES string of the molecule is CCOCCCNCCN(C)Cc1cccnc1. The van der Waals surface area contributed by atoms with Crippen LogP contribution in [0.2, 0.25) is 0 Å².